The van der Waals surface area contributed by atoms with Gasteiger partial charge in [-0.2, -0.15) is 9.90 Å². The Morgan fingerprint density at radius 3 is 2.50 bits per heavy atom. The van der Waals surface area contributed by atoms with Gasteiger partial charge in [-0.15, -0.1) is 10.2 Å². The number of amides is 1. The molecule has 8 nitrogen and oxygen atoms in total. The van der Waals surface area contributed by atoms with E-state index in [1.165, 1.54) is 4.80 Å². The third-order valence-electron chi connectivity index (χ3n) is 4.19. The van der Waals surface area contributed by atoms with Crippen molar-refractivity contribution in [2.24, 2.45) is 5.10 Å². The minimum Gasteiger partial charge on any atom is -0.372 e. The number of nitrogens with one attached hydrogen (secondary N) is 1. The minimum atomic E-state index is -0.326. The highest BCUT2D eigenvalue weighted by molar-refractivity contribution is 5.82. The molecule has 0 saturated carbocycles. The maximum atomic E-state index is 12.0. The maximum absolute atomic E-state index is 12.0. The lowest BCUT2D eigenvalue weighted by molar-refractivity contribution is -0.122. The summed E-state index contributed by atoms with van der Waals surface area (Å²) in [6, 6.07) is 17.5. The van der Waals surface area contributed by atoms with Crippen molar-refractivity contribution in [1.82, 2.24) is 25.6 Å². The number of nitrogens with zero attached hydrogens (tertiary/aromatic N) is 6. The normalized spacial score (nSPS) is 10.9. The van der Waals surface area contributed by atoms with Crippen LogP contribution in [0.25, 0.3) is 11.4 Å². The van der Waals surface area contributed by atoms with Crippen LogP contribution in [0.2, 0.25) is 0 Å². The van der Waals surface area contributed by atoms with Gasteiger partial charge in [-0.25, -0.2) is 5.43 Å². The lowest BCUT2D eigenvalue weighted by Crippen LogP contribution is -2.24. The Balaban J connectivity index is 1.52. The lowest BCUT2D eigenvalue weighted by atomic mass is 10.2. The molecule has 0 atom stereocenters. The largest absolute Gasteiger partial charge is 0.372 e. The number of anilines is 1. The average molecular weight is 377 g/mol. The van der Waals surface area contributed by atoms with Crippen LogP contribution in [0.4, 0.5) is 5.69 Å². The third-order valence-corrected chi connectivity index (χ3v) is 4.19. The van der Waals surface area contributed by atoms with Crippen LogP contribution in [0.1, 0.15) is 19.4 Å². The van der Waals surface area contributed by atoms with Crippen molar-refractivity contribution in [3.63, 3.8) is 0 Å². The van der Waals surface area contributed by atoms with Crippen molar-refractivity contribution in [2.75, 3.05) is 18.0 Å². The molecule has 0 unspecified atom stereocenters. The molecular weight excluding hydrogens is 354 g/mol. The molecule has 1 heterocycles. The predicted octanol–water partition coefficient (Wildman–Crippen LogP) is 2.34. The molecule has 1 amide bonds. The van der Waals surface area contributed by atoms with Gasteiger partial charge < -0.3 is 4.90 Å². The zero-order chi connectivity index (χ0) is 19.8. The average Bonchev–Trinajstić information content (AvgIpc) is 3.19. The molecule has 3 rings (SSSR count). The zero-order valence-electron chi connectivity index (χ0n) is 16.0. The highest BCUT2D eigenvalue weighted by Gasteiger charge is 2.08. The van der Waals surface area contributed by atoms with Crippen molar-refractivity contribution in [3.05, 3.63) is 60.2 Å². The first-order valence-electron chi connectivity index (χ1n) is 9.19. The molecule has 28 heavy (non-hydrogen) atoms. The van der Waals surface area contributed by atoms with Gasteiger partial charge in [0.1, 0.15) is 6.54 Å². The Hall–Kier alpha value is -3.55. The van der Waals surface area contributed by atoms with E-state index in [0.29, 0.717) is 5.82 Å². The van der Waals surface area contributed by atoms with E-state index in [9.17, 15) is 4.79 Å². The van der Waals surface area contributed by atoms with Crippen LogP contribution in [0, 0.1) is 0 Å². The molecule has 0 bridgehead atoms. The third kappa shape index (κ3) is 5.00. The number of carbonyl (C=O) groups excluding carboxylic acids is 1. The van der Waals surface area contributed by atoms with Gasteiger partial charge in [0.2, 0.25) is 5.82 Å². The molecule has 0 spiro atoms. The van der Waals surface area contributed by atoms with E-state index in [2.05, 4.69) is 44.7 Å². The van der Waals surface area contributed by atoms with Crippen molar-refractivity contribution >= 4 is 17.8 Å². The number of aromatic nitrogens is 4. The van der Waals surface area contributed by atoms with Crippen molar-refractivity contribution in [1.29, 1.82) is 0 Å². The molecule has 1 aromatic heterocycles. The quantitative estimate of drug-likeness (QED) is 0.481. The number of hydrogen-bond acceptors (Lipinski definition) is 6. The van der Waals surface area contributed by atoms with Crippen LogP contribution in [0.3, 0.4) is 0 Å². The minimum absolute atomic E-state index is 0.0575. The van der Waals surface area contributed by atoms with E-state index in [1.807, 2.05) is 54.6 Å². The summed E-state index contributed by atoms with van der Waals surface area (Å²) in [6.45, 7) is 6.12. The van der Waals surface area contributed by atoms with Gasteiger partial charge in [0.15, 0.2) is 0 Å². The van der Waals surface area contributed by atoms with Gasteiger partial charge in [-0.05, 0) is 36.8 Å². The predicted molar refractivity (Wildman–Crippen MR) is 109 cm³/mol. The van der Waals surface area contributed by atoms with Crippen LogP contribution in [0.5, 0.6) is 0 Å². The Bertz CT molecular complexity index is 915. The Morgan fingerprint density at radius 2 is 1.82 bits per heavy atom. The molecule has 0 saturated heterocycles. The monoisotopic (exact) mass is 377 g/mol. The van der Waals surface area contributed by atoms with Crippen LogP contribution >= 0.6 is 0 Å². The van der Waals surface area contributed by atoms with E-state index >= 15 is 0 Å². The number of hydrogen-bond donors (Lipinski definition) is 1. The number of tetrazole rings is 1. The lowest BCUT2D eigenvalue weighted by Gasteiger charge is -2.20. The Morgan fingerprint density at radius 1 is 1.11 bits per heavy atom. The fraction of sp³-hybridized carbons (Fsp3) is 0.250. The molecule has 1 N–H and O–H groups in total. The van der Waals surface area contributed by atoms with Crippen LogP contribution in [0.15, 0.2) is 59.7 Å². The summed E-state index contributed by atoms with van der Waals surface area (Å²) >= 11 is 0. The van der Waals surface area contributed by atoms with E-state index in [4.69, 9.17) is 0 Å². The number of benzene rings is 2. The van der Waals surface area contributed by atoms with Crippen LogP contribution in [-0.4, -0.2) is 45.4 Å². The van der Waals surface area contributed by atoms with E-state index in [0.717, 1.165) is 29.9 Å². The molecule has 0 fully saturated rings. The fourth-order valence-corrected chi connectivity index (χ4v) is 2.72. The highest BCUT2D eigenvalue weighted by atomic mass is 16.2. The summed E-state index contributed by atoms with van der Waals surface area (Å²) in [7, 11) is 0. The first-order valence-corrected chi connectivity index (χ1v) is 9.19. The topological polar surface area (TPSA) is 88.3 Å². The first-order chi connectivity index (χ1) is 13.7. The fourth-order valence-electron chi connectivity index (χ4n) is 2.72. The summed E-state index contributed by atoms with van der Waals surface area (Å²) in [5.41, 5.74) is 5.40. The van der Waals surface area contributed by atoms with Crippen LogP contribution in [-0.2, 0) is 11.3 Å². The SMILES string of the molecule is CCN(CC)c1ccc(/C=N\NC(=O)Cn2nnc(-c3ccccc3)n2)cc1. The molecule has 3 aromatic rings. The van der Waals surface area contributed by atoms with Gasteiger partial charge in [0.05, 0.1) is 6.21 Å². The standard InChI is InChI=1S/C20H23N7O/c1-3-26(4-2)18-12-10-16(11-13-18)14-21-22-19(28)15-27-24-20(23-25-27)17-8-6-5-7-9-17/h5-14H,3-4,15H2,1-2H3,(H,22,28)/b21-14-. The Labute approximate surface area is 163 Å². The second-order valence-corrected chi connectivity index (χ2v) is 6.07. The number of carbonyl (C=O) groups is 1. The molecular formula is C20H23N7O. The summed E-state index contributed by atoms with van der Waals surface area (Å²) < 4.78 is 0. The molecule has 8 heteroatoms. The van der Waals surface area contributed by atoms with Gasteiger partial charge in [-0.1, -0.05) is 42.5 Å². The molecule has 2 aromatic carbocycles. The van der Waals surface area contributed by atoms with Crippen LogP contribution < -0.4 is 10.3 Å². The van der Waals surface area contributed by atoms with Crippen molar-refractivity contribution in [3.8, 4) is 11.4 Å². The summed E-state index contributed by atoms with van der Waals surface area (Å²) in [4.78, 5) is 15.5. The summed E-state index contributed by atoms with van der Waals surface area (Å²) in [5.74, 6) is 0.151. The molecule has 0 radical (unpaired) electrons. The van der Waals surface area contributed by atoms with E-state index < -0.39 is 0 Å². The second kappa shape index (κ2) is 9.40. The van der Waals surface area contributed by atoms with E-state index in [-0.39, 0.29) is 12.5 Å². The second-order valence-electron chi connectivity index (χ2n) is 6.07. The summed E-state index contributed by atoms with van der Waals surface area (Å²) in [6.07, 6.45) is 1.61. The molecule has 0 aliphatic rings. The smallest absolute Gasteiger partial charge is 0.263 e. The molecule has 144 valence electrons. The number of hydrazone groups is 1. The summed E-state index contributed by atoms with van der Waals surface area (Å²) in [5, 5.41) is 16.1. The molecule has 0 aliphatic heterocycles. The van der Waals surface area contributed by atoms with Gasteiger partial charge in [-0.3, -0.25) is 4.79 Å². The molecule has 0 aliphatic carbocycles. The maximum Gasteiger partial charge on any atom is 0.263 e. The van der Waals surface area contributed by atoms with Gasteiger partial charge >= 0.3 is 0 Å². The first kappa shape index (κ1) is 19.2. The van der Waals surface area contributed by atoms with Gasteiger partial charge in [0, 0.05) is 24.3 Å². The van der Waals surface area contributed by atoms with E-state index in [1.54, 1.807) is 6.21 Å². The highest BCUT2D eigenvalue weighted by Crippen LogP contribution is 2.14. The van der Waals surface area contributed by atoms with Gasteiger partial charge in [0.25, 0.3) is 5.91 Å². The zero-order valence-corrected chi connectivity index (χ0v) is 16.0. The van der Waals surface area contributed by atoms with Crippen molar-refractivity contribution < 1.29 is 4.79 Å². The number of rotatable bonds is 8. The Kier molecular flexibility index (Phi) is 6.46. The van der Waals surface area contributed by atoms with Crippen molar-refractivity contribution in [2.45, 2.75) is 20.4 Å².